The number of carboxylic acid groups (broad SMARTS) is 1. The first kappa shape index (κ1) is 14.7. The van der Waals surface area contributed by atoms with Gasteiger partial charge >= 0.3 is 5.97 Å². The minimum Gasteiger partial charge on any atom is -0.481 e. The van der Waals surface area contributed by atoms with Crippen molar-refractivity contribution >= 4 is 5.97 Å². The lowest BCUT2D eigenvalue weighted by Crippen LogP contribution is -2.28. The smallest absolute Gasteiger partial charge is 0.312 e. The predicted molar refractivity (Wildman–Crippen MR) is 70.7 cm³/mol. The molecule has 18 heavy (non-hydrogen) atoms. The Kier molecular flexibility index (Phi) is 4.87. The van der Waals surface area contributed by atoms with Gasteiger partial charge in [-0.15, -0.1) is 0 Å². The fourth-order valence-electron chi connectivity index (χ4n) is 1.93. The second-order valence-corrected chi connectivity index (χ2v) is 4.97. The Morgan fingerprint density at radius 3 is 2.56 bits per heavy atom. The molecule has 0 aliphatic rings. The summed E-state index contributed by atoms with van der Waals surface area (Å²) in [6, 6.07) is 7.50. The van der Waals surface area contributed by atoms with Crippen LogP contribution < -0.4 is 5.73 Å². The zero-order chi connectivity index (χ0) is 13.8. The average Bonchev–Trinajstić information content (AvgIpc) is 2.31. The molecule has 0 heterocycles. The van der Waals surface area contributed by atoms with E-state index in [0.29, 0.717) is 6.42 Å². The highest BCUT2D eigenvalue weighted by Gasteiger charge is 2.24. The van der Waals surface area contributed by atoms with Gasteiger partial charge in [-0.3, -0.25) is 4.79 Å². The van der Waals surface area contributed by atoms with Crippen LogP contribution in [0.25, 0.3) is 0 Å². The molecule has 0 amide bonds. The summed E-state index contributed by atoms with van der Waals surface area (Å²) in [5.74, 6) is -1.55. The summed E-state index contributed by atoms with van der Waals surface area (Å²) in [6.45, 7) is 4.05. The molecule has 3 N–H and O–H groups in total. The van der Waals surface area contributed by atoms with Crippen LogP contribution in [0.4, 0.5) is 0 Å². The quantitative estimate of drug-likeness (QED) is 0.808. The highest BCUT2D eigenvalue weighted by molar-refractivity contribution is 5.77. The Morgan fingerprint density at radius 1 is 1.44 bits per heavy atom. The molecule has 100 valence electrons. The van der Waals surface area contributed by atoms with Gasteiger partial charge in [0.25, 0.3) is 0 Å². The van der Waals surface area contributed by atoms with Crippen LogP contribution in [-0.2, 0) is 16.0 Å². The largest absolute Gasteiger partial charge is 0.481 e. The number of ether oxygens (including phenoxy) is 1. The standard InChI is InChI=1S/C14H21NO3/c1-14(2,18-3)8-10-6-4-5-7-11(10)12(9-15)13(16)17/h4-7,12H,8-9,15H2,1-3H3,(H,16,17). The van der Waals surface area contributed by atoms with E-state index in [9.17, 15) is 9.90 Å². The van der Waals surface area contributed by atoms with Gasteiger partial charge in [0.15, 0.2) is 0 Å². The van der Waals surface area contributed by atoms with Crippen LogP contribution >= 0.6 is 0 Å². The molecule has 0 aliphatic carbocycles. The van der Waals surface area contributed by atoms with Crippen molar-refractivity contribution < 1.29 is 14.6 Å². The molecule has 0 aromatic heterocycles. The second-order valence-electron chi connectivity index (χ2n) is 4.97. The normalized spacial score (nSPS) is 13.3. The number of carboxylic acids is 1. The molecular weight excluding hydrogens is 230 g/mol. The van der Waals surface area contributed by atoms with Crippen molar-refractivity contribution in [1.82, 2.24) is 0 Å². The third-order valence-corrected chi connectivity index (χ3v) is 3.13. The Labute approximate surface area is 108 Å². The van der Waals surface area contributed by atoms with Crippen molar-refractivity contribution in [1.29, 1.82) is 0 Å². The third-order valence-electron chi connectivity index (χ3n) is 3.13. The van der Waals surface area contributed by atoms with E-state index in [2.05, 4.69) is 0 Å². The van der Waals surface area contributed by atoms with E-state index in [0.717, 1.165) is 11.1 Å². The molecular formula is C14H21NO3. The van der Waals surface area contributed by atoms with E-state index in [1.165, 1.54) is 0 Å². The molecule has 0 radical (unpaired) electrons. The second kappa shape index (κ2) is 5.98. The summed E-state index contributed by atoms with van der Waals surface area (Å²) in [7, 11) is 1.65. The fraction of sp³-hybridized carbons (Fsp3) is 0.500. The van der Waals surface area contributed by atoms with Crippen LogP contribution in [0.1, 0.15) is 30.9 Å². The lowest BCUT2D eigenvalue weighted by molar-refractivity contribution is -0.138. The summed E-state index contributed by atoms with van der Waals surface area (Å²) in [4.78, 5) is 11.2. The maximum absolute atomic E-state index is 11.2. The van der Waals surface area contributed by atoms with Crippen LogP contribution in [-0.4, -0.2) is 30.3 Å². The van der Waals surface area contributed by atoms with E-state index in [1.807, 2.05) is 38.1 Å². The molecule has 1 aromatic rings. The first-order valence-electron chi connectivity index (χ1n) is 5.97. The zero-order valence-electron chi connectivity index (χ0n) is 11.1. The molecule has 0 aliphatic heterocycles. The third kappa shape index (κ3) is 3.55. The molecule has 1 rings (SSSR count). The van der Waals surface area contributed by atoms with Crippen molar-refractivity contribution in [2.45, 2.75) is 31.8 Å². The number of rotatable bonds is 6. The molecule has 0 saturated carbocycles. The lowest BCUT2D eigenvalue weighted by Gasteiger charge is -2.25. The van der Waals surface area contributed by atoms with Crippen molar-refractivity contribution in [3.63, 3.8) is 0 Å². The summed E-state index contributed by atoms with van der Waals surface area (Å²) >= 11 is 0. The molecule has 4 heteroatoms. The number of methoxy groups -OCH3 is 1. The van der Waals surface area contributed by atoms with Gasteiger partial charge in [-0.25, -0.2) is 0 Å². The van der Waals surface area contributed by atoms with Crippen LogP contribution in [0.3, 0.4) is 0 Å². The number of benzene rings is 1. The molecule has 0 fully saturated rings. The maximum atomic E-state index is 11.2. The summed E-state index contributed by atoms with van der Waals surface area (Å²) < 4.78 is 5.39. The van der Waals surface area contributed by atoms with Crippen molar-refractivity contribution in [2.75, 3.05) is 13.7 Å². The molecule has 0 bridgehead atoms. The average molecular weight is 251 g/mol. The van der Waals surface area contributed by atoms with Crippen LogP contribution in [0.15, 0.2) is 24.3 Å². The van der Waals surface area contributed by atoms with Crippen LogP contribution in [0.2, 0.25) is 0 Å². The first-order chi connectivity index (χ1) is 8.41. The maximum Gasteiger partial charge on any atom is 0.312 e. The summed E-state index contributed by atoms with van der Waals surface area (Å²) in [5.41, 5.74) is 6.98. The Hall–Kier alpha value is -1.39. The minimum atomic E-state index is -0.889. The van der Waals surface area contributed by atoms with E-state index < -0.39 is 11.9 Å². The minimum absolute atomic E-state index is 0.0970. The van der Waals surface area contributed by atoms with E-state index >= 15 is 0 Å². The van der Waals surface area contributed by atoms with E-state index in [-0.39, 0.29) is 12.1 Å². The Balaban J connectivity index is 3.10. The zero-order valence-corrected chi connectivity index (χ0v) is 11.1. The van der Waals surface area contributed by atoms with Gasteiger partial charge in [-0.1, -0.05) is 24.3 Å². The van der Waals surface area contributed by atoms with Gasteiger partial charge in [-0.05, 0) is 25.0 Å². The van der Waals surface area contributed by atoms with Gasteiger partial charge in [0.05, 0.1) is 11.5 Å². The monoisotopic (exact) mass is 251 g/mol. The van der Waals surface area contributed by atoms with Gasteiger partial charge in [0.1, 0.15) is 0 Å². The predicted octanol–water partition coefficient (Wildman–Crippen LogP) is 1.78. The first-order valence-corrected chi connectivity index (χ1v) is 5.97. The van der Waals surface area contributed by atoms with Gasteiger partial charge in [0, 0.05) is 20.1 Å². The SMILES string of the molecule is COC(C)(C)Cc1ccccc1C(CN)C(=O)O. The number of nitrogens with two attached hydrogens (primary N) is 1. The number of hydrogen-bond acceptors (Lipinski definition) is 3. The van der Waals surface area contributed by atoms with Gasteiger partial charge < -0.3 is 15.6 Å². The topological polar surface area (TPSA) is 72.5 Å². The molecule has 1 unspecified atom stereocenters. The molecule has 0 spiro atoms. The van der Waals surface area contributed by atoms with E-state index in [1.54, 1.807) is 7.11 Å². The Bertz CT molecular complexity index is 415. The van der Waals surface area contributed by atoms with Gasteiger partial charge in [0.2, 0.25) is 0 Å². The van der Waals surface area contributed by atoms with Crippen LogP contribution in [0, 0.1) is 0 Å². The highest BCUT2D eigenvalue weighted by Crippen LogP contribution is 2.24. The molecule has 4 nitrogen and oxygen atoms in total. The van der Waals surface area contributed by atoms with Crippen LogP contribution in [0.5, 0.6) is 0 Å². The Morgan fingerprint density at radius 2 is 2.06 bits per heavy atom. The number of carbonyl (C=O) groups is 1. The fourth-order valence-corrected chi connectivity index (χ4v) is 1.93. The highest BCUT2D eigenvalue weighted by atomic mass is 16.5. The van der Waals surface area contributed by atoms with Crippen molar-refractivity contribution in [2.24, 2.45) is 5.73 Å². The molecule has 1 aromatic carbocycles. The van der Waals surface area contributed by atoms with Crippen molar-refractivity contribution in [3.05, 3.63) is 35.4 Å². The summed E-state index contributed by atoms with van der Waals surface area (Å²) in [6.07, 6.45) is 0.656. The number of aliphatic carboxylic acids is 1. The number of hydrogen-bond donors (Lipinski definition) is 2. The summed E-state index contributed by atoms with van der Waals surface area (Å²) in [5, 5.41) is 9.20. The molecule has 1 atom stereocenters. The van der Waals surface area contributed by atoms with E-state index in [4.69, 9.17) is 10.5 Å². The van der Waals surface area contributed by atoms with Crippen molar-refractivity contribution in [3.8, 4) is 0 Å². The lowest BCUT2D eigenvalue weighted by atomic mass is 9.88. The molecule has 0 saturated heterocycles. The van der Waals surface area contributed by atoms with Gasteiger partial charge in [-0.2, -0.15) is 0 Å².